The molecule has 0 aliphatic rings. The van der Waals surface area contributed by atoms with Crippen LogP contribution < -0.4 is 5.69 Å². The van der Waals surface area contributed by atoms with Crippen LogP contribution >= 0.6 is 0 Å². The van der Waals surface area contributed by atoms with Gasteiger partial charge in [0.15, 0.2) is 0 Å². The van der Waals surface area contributed by atoms with E-state index in [0.717, 1.165) is 11.3 Å². The first-order chi connectivity index (χ1) is 9.52. The van der Waals surface area contributed by atoms with Crippen molar-refractivity contribution in [2.75, 3.05) is 0 Å². The molecule has 0 bridgehead atoms. The first-order valence-corrected chi connectivity index (χ1v) is 6.89. The number of aliphatic hydroxyl groups excluding tert-OH is 1. The Morgan fingerprint density at radius 3 is 2.65 bits per heavy atom. The van der Waals surface area contributed by atoms with Gasteiger partial charge >= 0.3 is 5.69 Å². The van der Waals surface area contributed by atoms with E-state index in [9.17, 15) is 9.90 Å². The minimum Gasteiger partial charge on any atom is -0.391 e. The summed E-state index contributed by atoms with van der Waals surface area (Å²) in [6.45, 7) is 6.10. The lowest BCUT2D eigenvalue weighted by Gasteiger charge is -2.18. The standard InChI is InChI=1S/C15H21N3O2/c1-4-14(12(3)19)18-8-7-17(15(18)20)10-13-6-5-11(2)9-16-13/h5-9,12,14,19H,4,10H2,1-3H3/t12-,14+/m1/s1. The highest BCUT2D eigenvalue weighted by molar-refractivity contribution is 5.12. The number of hydrogen-bond donors (Lipinski definition) is 1. The molecule has 0 aliphatic heterocycles. The Hall–Kier alpha value is -1.88. The maximum absolute atomic E-state index is 12.3. The summed E-state index contributed by atoms with van der Waals surface area (Å²) in [5, 5.41) is 9.74. The number of hydrogen-bond acceptors (Lipinski definition) is 3. The molecule has 0 spiro atoms. The fourth-order valence-corrected chi connectivity index (χ4v) is 2.34. The summed E-state index contributed by atoms with van der Waals surface area (Å²) in [7, 11) is 0. The van der Waals surface area contributed by atoms with E-state index >= 15 is 0 Å². The van der Waals surface area contributed by atoms with Crippen LogP contribution in [0.4, 0.5) is 0 Å². The fraction of sp³-hybridized carbons (Fsp3) is 0.467. The summed E-state index contributed by atoms with van der Waals surface area (Å²) in [6, 6.07) is 3.72. The fourth-order valence-electron chi connectivity index (χ4n) is 2.34. The predicted molar refractivity (Wildman–Crippen MR) is 77.8 cm³/mol. The number of imidazole rings is 1. The van der Waals surface area contributed by atoms with Gasteiger partial charge in [0.05, 0.1) is 24.4 Å². The van der Waals surface area contributed by atoms with Gasteiger partial charge < -0.3 is 5.11 Å². The van der Waals surface area contributed by atoms with Crippen LogP contribution in [0.25, 0.3) is 0 Å². The van der Waals surface area contributed by atoms with Gasteiger partial charge in [-0.05, 0) is 31.9 Å². The Bertz CT molecular complexity index is 611. The summed E-state index contributed by atoms with van der Waals surface area (Å²) >= 11 is 0. The Morgan fingerprint density at radius 2 is 2.10 bits per heavy atom. The highest BCUT2D eigenvalue weighted by Crippen LogP contribution is 2.13. The summed E-state index contributed by atoms with van der Waals surface area (Å²) in [4.78, 5) is 16.6. The van der Waals surface area contributed by atoms with Gasteiger partial charge in [0.25, 0.3) is 0 Å². The van der Waals surface area contributed by atoms with E-state index in [-0.39, 0.29) is 11.7 Å². The second-order valence-electron chi connectivity index (χ2n) is 5.16. The smallest absolute Gasteiger partial charge is 0.328 e. The average molecular weight is 275 g/mol. The topological polar surface area (TPSA) is 60.1 Å². The third-order valence-corrected chi connectivity index (χ3v) is 3.51. The molecule has 20 heavy (non-hydrogen) atoms. The Kier molecular flexibility index (Phi) is 4.39. The van der Waals surface area contributed by atoms with E-state index in [1.54, 1.807) is 34.6 Å². The lowest BCUT2D eigenvalue weighted by atomic mass is 10.1. The molecule has 0 saturated carbocycles. The van der Waals surface area contributed by atoms with E-state index in [1.165, 1.54) is 0 Å². The molecule has 0 unspecified atom stereocenters. The zero-order valence-electron chi connectivity index (χ0n) is 12.2. The molecule has 0 aliphatic carbocycles. The van der Waals surface area contributed by atoms with Crippen molar-refractivity contribution >= 4 is 0 Å². The van der Waals surface area contributed by atoms with Crippen LogP contribution in [0, 0.1) is 6.92 Å². The molecule has 2 rings (SSSR count). The van der Waals surface area contributed by atoms with Crippen LogP contribution in [0.15, 0.2) is 35.5 Å². The molecule has 1 N–H and O–H groups in total. The molecule has 2 aromatic rings. The van der Waals surface area contributed by atoms with Crippen LogP contribution in [0.5, 0.6) is 0 Å². The largest absolute Gasteiger partial charge is 0.391 e. The van der Waals surface area contributed by atoms with Crippen molar-refractivity contribution in [3.63, 3.8) is 0 Å². The minimum absolute atomic E-state index is 0.111. The van der Waals surface area contributed by atoms with Crippen LogP contribution in [0.3, 0.4) is 0 Å². The molecule has 0 fully saturated rings. The number of aryl methyl sites for hydroxylation is 1. The van der Waals surface area contributed by atoms with E-state index in [0.29, 0.717) is 13.0 Å². The molecule has 2 heterocycles. The predicted octanol–water partition coefficient (Wildman–Crippen LogP) is 1.73. The van der Waals surface area contributed by atoms with Crippen molar-refractivity contribution in [1.29, 1.82) is 0 Å². The average Bonchev–Trinajstić information content (AvgIpc) is 2.75. The highest BCUT2D eigenvalue weighted by Gasteiger charge is 2.17. The van der Waals surface area contributed by atoms with Crippen molar-refractivity contribution in [2.45, 2.75) is 45.9 Å². The van der Waals surface area contributed by atoms with E-state index < -0.39 is 6.10 Å². The molecular weight excluding hydrogens is 254 g/mol. The maximum atomic E-state index is 12.3. The van der Waals surface area contributed by atoms with Gasteiger partial charge in [0, 0.05) is 18.6 Å². The van der Waals surface area contributed by atoms with Gasteiger partial charge in [-0.2, -0.15) is 0 Å². The molecular formula is C15H21N3O2. The molecule has 0 saturated heterocycles. The number of aliphatic hydroxyl groups is 1. The van der Waals surface area contributed by atoms with Gasteiger partial charge in [-0.25, -0.2) is 4.79 Å². The van der Waals surface area contributed by atoms with Crippen molar-refractivity contribution in [1.82, 2.24) is 14.1 Å². The number of pyridine rings is 1. The first kappa shape index (κ1) is 14.5. The summed E-state index contributed by atoms with van der Waals surface area (Å²) in [5.74, 6) is 0. The van der Waals surface area contributed by atoms with Crippen LogP contribution in [-0.2, 0) is 6.54 Å². The van der Waals surface area contributed by atoms with E-state index in [1.807, 2.05) is 26.0 Å². The van der Waals surface area contributed by atoms with Crippen molar-refractivity contribution < 1.29 is 5.11 Å². The third kappa shape index (κ3) is 2.99. The van der Waals surface area contributed by atoms with Crippen molar-refractivity contribution in [3.05, 3.63) is 52.5 Å². The molecule has 2 aromatic heterocycles. The number of nitrogens with zero attached hydrogens (tertiary/aromatic N) is 3. The van der Waals surface area contributed by atoms with Gasteiger partial charge in [-0.15, -0.1) is 0 Å². The number of aromatic nitrogens is 3. The minimum atomic E-state index is -0.550. The lowest BCUT2D eigenvalue weighted by molar-refractivity contribution is 0.125. The normalized spacial score (nSPS) is 14.2. The molecule has 2 atom stereocenters. The second-order valence-corrected chi connectivity index (χ2v) is 5.16. The quantitative estimate of drug-likeness (QED) is 0.904. The SMILES string of the molecule is CC[C@@H]([C@@H](C)O)n1ccn(Cc2ccc(C)cn2)c1=O. The van der Waals surface area contributed by atoms with E-state index in [2.05, 4.69) is 4.98 Å². The first-order valence-electron chi connectivity index (χ1n) is 6.89. The van der Waals surface area contributed by atoms with Gasteiger partial charge in [0.2, 0.25) is 0 Å². The van der Waals surface area contributed by atoms with Crippen LogP contribution in [0.1, 0.15) is 37.6 Å². The monoisotopic (exact) mass is 275 g/mol. The second kappa shape index (κ2) is 6.05. The van der Waals surface area contributed by atoms with Crippen LogP contribution in [0.2, 0.25) is 0 Å². The molecule has 0 amide bonds. The van der Waals surface area contributed by atoms with Crippen molar-refractivity contribution in [2.24, 2.45) is 0 Å². The third-order valence-electron chi connectivity index (χ3n) is 3.51. The maximum Gasteiger partial charge on any atom is 0.328 e. The molecule has 0 radical (unpaired) electrons. The summed E-state index contributed by atoms with van der Waals surface area (Å²) in [6.07, 6.45) is 5.43. The van der Waals surface area contributed by atoms with Crippen molar-refractivity contribution in [3.8, 4) is 0 Å². The van der Waals surface area contributed by atoms with Crippen LogP contribution in [-0.4, -0.2) is 25.3 Å². The molecule has 108 valence electrons. The molecule has 5 heteroatoms. The Labute approximate surface area is 118 Å². The number of rotatable bonds is 5. The highest BCUT2D eigenvalue weighted by atomic mass is 16.3. The van der Waals surface area contributed by atoms with Gasteiger partial charge in [0.1, 0.15) is 0 Å². The molecule has 5 nitrogen and oxygen atoms in total. The zero-order valence-corrected chi connectivity index (χ0v) is 12.2. The lowest BCUT2D eigenvalue weighted by Crippen LogP contribution is -2.32. The summed E-state index contributed by atoms with van der Waals surface area (Å²) < 4.78 is 3.21. The Morgan fingerprint density at radius 1 is 1.35 bits per heavy atom. The molecule has 0 aromatic carbocycles. The summed E-state index contributed by atoms with van der Waals surface area (Å²) in [5.41, 5.74) is 1.83. The van der Waals surface area contributed by atoms with Gasteiger partial charge in [-0.1, -0.05) is 13.0 Å². The van der Waals surface area contributed by atoms with E-state index in [4.69, 9.17) is 0 Å². The Balaban J connectivity index is 2.25. The van der Waals surface area contributed by atoms with Gasteiger partial charge in [-0.3, -0.25) is 14.1 Å². The zero-order chi connectivity index (χ0) is 14.7.